The fourth-order valence-corrected chi connectivity index (χ4v) is 3.81. The summed E-state index contributed by atoms with van der Waals surface area (Å²) < 4.78 is 2.09. The van der Waals surface area contributed by atoms with Crippen LogP contribution in [0.15, 0.2) is 41.2 Å². The Bertz CT molecular complexity index is 936. The molecule has 0 unspecified atom stereocenters. The minimum absolute atomic E-state index is 0.750. The van der Waals surface area contributed by atoms with E-state index in [4.69, 9.17) is 7.85 Å². The van der Waals surface area contributed by atoms with E-state index in [9.17, 15) is 0 Å². The van der Waals surface area contributed by atoms with Crippen LogP contribution < -0.4 is 10.8 Å². The Labute approximate surface area is 136 Å². The van der Waals surface area contributed by atoms with E-state index in [0.717, 1.165) is 38.3 Å². The molecule has 0 spiro atoms. The molecule has 0 saturated carbocycles. The zero-order valence-corrected chi connectivity index (χ0v) is 13.4. The van der Waals surface area contributed by atoms with Crippen molar-refractivity contribution in [3.63, 3.8) is 0 Å². The zero-order valence-electron chi connectivity index (χ0n) is 11.8. The summed E-state index contributed by atoms with van der Waals surface area (Å²) in [6, 6.07) is 7.62. The monoisotopic (exact) mass is 322 g/mol. The molecular formula is C15H11BN4S2. The van der Waals surface area contributed by atoms with Gasteiger partial charge in [0.2, 0.25) is 0 Å². The summed E-state index contributed by atoms with van der Waals surface area (Å²) in [6.45, 7) is 2.02. The number of rotatable bonds is 3. The van der Waals surface area contributed by atoms with Crippen LogP contribution in [0.4, 0.5) is 10.8 Å². The molecule has 106 valence electrons. The van der Waals surface area contributed by atoms with Gasteiger partial charge in [0.05, 0.1) is 11.4 Å². The maximum absolute atomic E-state index is 5.70. The van der Waals surface area contributed by atoms with E-state index in [2.05, 4.69) is 19.7 Å². The number of hydrogen-bond acceptors (Lipinski definition) is 5. The second-order valence-electron chi connectivity index (χ2n) is 4.89. The Balaban J connectivity index is 1.67. The molecule has 3 aromatic heterocycles. The topological polar surface area (TPSA) is 42.2 Å². The molecule has 4 rings (SSSR count). The normalized spacial score (nSPS) is 11.1. The van der Waals surface area contributed by atoms with Crippen molar-refractivity contribution in [1.82, 2.24) is 14.4 Å². The highest BCUT2D eigenvalue weighted by atomic mass is 32.1. The summed E-state index contributed by atoms with van der Waals surface area (Å²) in [5, 5.41) is 8.23. The first kappa shape index (κ1) is 13.5. The summed E-state index contributed by atoms with van der Waals surface area (Å²) in [6.07, 6.45) is 2.03. The predicted molar refractivity (Wildman–Crippen MR) is 94.0 cm³/mol. The number of nitrogens with zero attached hydrogens (tertiary/aromatic N) is 3. The number of benzene rings is 1. The molecule has 0 amide bonds. The molecule has 1 N–H and O–H groups in total. The van der Waals surface area contributed by atoms with Gasteiger partial charge in [0.1, 0.15) is 13.5 Å². The first-order chi connectivity index (χ1) is 10.7. The van der Waals surface area contributed by atoms with E-state index in [1.807, 2.05) is 48.1 Å². The minimum Gasteiger partial charge on any atom is -0.332 e. The summed E-state index contributed by atoms with van der Waals surface area (Å²) >= 11 is 3.20. The number of imidazole rings is 1. The van der Waals surface area contributed by atoms with Crippen molar-refractivity contribution < 1.29 is 0 Å². The second-order valence-corrected chi connectivity index (χ2v) is 6.62. The molecule has 3 heterocycles. The van der Waals surface area contributed by atoms with E-state index in [-0.39, 0.29) is 0 Å². The number of fused-ring (bicyclic) bond motifs is 1. The quantitative estimate of drug-likeness (QED) is 0.588. The van der Waals surface area contributed by atoms with Gasteiger partial charge in [-0.2, -0.15) is 0 Å². The molecule has 2 radical (unpaired) electrons. The van der Waals surface area contributed by atoms with Crippen molar-refractivity contribution in [2.75, 3.05) is 5.32 Å². The van der Waals surface area contributed by atoms with E-state index in [1.54, 1.807) is 22.7 Å². The van der Waals surface area contributed by atoms with Crippen LogP contribution in [0.1, 0.15) is 5.69 Å². The Morgan fingerprint density at radius 1 is 1.14 bits per heavy atom. The number of thiazole rings is 2. The van der Waals surface area contributed by atoms with Crippen LogP contribution in [0, 0.1) is 6.92 Å². The molecule has 0 bridgehead atoms. The maximum atomic E-state index is 5.70. The fourth-order valence-electron chi connectivity index (χ4n) is 2.33. The molecule has 7 heteroatoms. The number of nitrogens with one attached hydrogen (secondary N) is 1. The Morgan fingerprint density at radius 2 is 1.95 bits per heavy atom. The molecule has 0 fully saturated rings. The average molecular weight is 322 g/mol. The van der Waals surface area contributed by atoms with Crippen molar-refractivity contribution in [2.24, 2.45) is 0 Å². The molecule has 0 aliphatic heterocycles. The smallest absolute Gasteiger partial charge is 0.194 e. The largest absolute Gasteiger partial charge is 0.332 e. The number of aromatic nitrogens is 3. The highest BCUT2D eigenvalue weighted by Gasteiger charge is 2.14. The molecule has 22 heavy (non-hydrogen) atoms. The standard InChI is InChI=1S/C15H11BN4S2/c1-9-13(20-6-7-21-15(20)17-9)12-8-22-14(19-12)18-11-4-2-10(16)3-5-11/h2-8H,1H3,(H,18,19). The van der Waals surface area contributed by atoms with Crippen molar-refractivity contribution in [3.05, 3.63) is 46.9 Å². The van der Waals surface area contributed by atoms with E-state index < -0.39 is 0 Å². The molecule has 1 aromatic carbocycles. The van der Waals surface area contributed by atoms with E-state index in [0.29, 0.717) is 0 Å². The Kier molecular flexibility index (Phi) is 3.24. The predicted octanol–water partition coefficient (Wildman–Crippen LogP) is 3.37. The van der Waals surface area contributed by atoms with Crippen molar-refractivity contribution in [1.29, 1.82) is 0 Å². The fraction of sp³-hybridized carbons (Fsp3) is 0.0667. The van der Waals surface area contributed by atoms with Crippen LogP contribution in [0.5, 0.6) is 0 Å². The third kappa shape index (κ3) is 2.32. The lowest BCUT2D eigenvalue weighted by Crippen LogP contribution is -2.00. The summed E-state index contributed by atoms with van der Waals surface area (Å²) in [7, 11) is 5.70. The Morgan fingerprint density at radius 3 is 2.77 bits per heavy atom. The zero-order chi connectivity index (χ0) is 15.1. The highest BCUT2D eigenvalue weighted by Crippen LogP contribution is 2.30. The first-order valence-electron chi connectivity index (χ1n) is 6.71. The molecule has 4 nitrogen and oxygen atoms in total. The van der Waals surface area contributed by atoms with Crippen molar-refractivity contribution in [2.45, 2.75) is 6.92 Å². The van der Waals surface area contributed by atoms with E-state index >= 15 is 0 Å². The van der Waals surface area contributed by atoms with Crippen LogP contribution >= 0.6 is 22.7 Å². The Hall–Kier alpha value is -2.12. The lowest BCUT2D eigenvalue weighted by molar-refractivity contribution is 1.20. The molecule has 0 saturated heterocycles. The molecular weight excluding hydrogens is 311 g/mol. The van der Waals surface area contributed by atoms with Crippen LogP contribution in [0.2, 0.25) is 0 Å². The summed E-state index contributed by atoms with van der Waals surface area (Å²) in [5.41, 5.74) is 4.71. The second kappa shape index (κ2) is 5.26. The van der Waals surface area contributed by atoms with Crippen molar-refractivity contribution in [3.8, 4) is 11.4 Å². The summed E-state index contributed by atoms with van der Waals surface area (Å²) in [4.78, 5) is 10.2. The van der Waals surface area contributed by atoms with Gasteiger partial charge in [0, 0.05) is 22.6 Å². The molecule has 4 aromatic rings. The highest BCUT2D eigenvalue weighted by molar-refractivity contribution is 7.15. The van der Waals surface area contributed by atoms with Gasteiger partial charge in [0.25, 0.3) is 0 Å². The third-order valence-electron chi connectivity index (χ3n) is 3.35. The van der Waals surface area contributed by atoms with Crippen LogP contribution in [-0.4, -0.2) is 22.2 Å². The van der Waals surface area contributed by atoms with Crippen LogP contribution in [0.25, 0.3) is 16.3 Å². The van der Waals surface area contributed by atoms with Gasteiger partial charge in [-0.3, -0.25) is 4.40 Å². The third-order valence-corrected chi connectivity index (χ3v) is 4.86. The van der Waals surface area contributed by atoms with Gasteiger partial charge < -0.3 is 5.32 Å². The van der Waals surface area contributed by atoms with Crippen LogP contribution in [0.3, 0.4) is 0 Å². The maximum Gasteiger partial charge on any atom is 0.194 e. The minimum atomic E-state index is 0.750. The van der Waals surface area contributed by atoms with Gasteiger partial charge in [-0.1, -0.05) is 17.6 Å². The molecule has 0 atom stereocenters. The first-order valence-corrected chi connectivity index (χ1v) is 8.47. The van der Waals surface area contributed by atoms with Gasteiger partial charge in [-0.25, -0.2) is 9.97 Å². The summed E-state index contributed by atoms with van der Waals surface area (Å²) in [5.74, 6) is 0. The van der Waals surface area contributed by atoms with E-state index in [1.165, 1.54) is 0 Å². The van der Waals surface area contributed by atoms with Gasteiger partial charge in [-0.15, -0.1) is 22.7 Å². The number of aryl methyl sites for hydroxylation is 1. The number of hydrogen-bond donors (Lipinski definition) is 1. The SMILES string of the molecule is [B]c1ccc(Nc2nc(-c3c(C)nc4sccn34)cs2)cc1. The molecule has 0 aliphatic carbocycles. The van der Waals surface area contributed by atoms with Gasteiger partial charge in [0.15, 0.2) is 10.1 Å². The average Bonchev–Trinajstić information content (AvgIpc) is 3.17. The lowest BCUT2D eigenvalue weighted by Gasteiger charge is -2.02. The molecule has 0 aliphatic rings. The van der Waals surface area contributed by atoms with Gasteiger partial charge >= 0.3 is 0 Å². The number of anilines is 2. The van der Waals surface area contributed by atoms with Crippen molar-refractivity contribution >= 4 is 51.8 Å². The lowest BCUT2D eigenvalue weighted by atomic mass is 9.96. The van der Waals surface area contributed by atoms with Gasteiger partial charge in [-0.05, 0) is 19.1 Å². The van der Waals surface area contributed by atoms with Crippen LogP contribution in [-0.2, 0) is 0 Å².